The van der Waals surface area contributed by atoms with Crippen LogP contribution < -0.4 is 9.80 Å². The maximum absolute atomic E-state index is 11.1. The van der Waals surface area contributed by atoms with Crippen LogP contribution in [0.1, 0.15) is 32.2 Å². The van der Waals surface area contributed by atoms with Crippen molar-refractivity contribution in [3.63, 3.8) is 0 Å². The van der Waals surface area contributed by atoms with Crippen LogP contribution in [0.5, 0.6) is 0 Å². The number of carbonyl (C=O) groups is 2. The molecule has 14 heteroatoms. The summed E-state index contributed by atoms with van der Waals surface area (Å²) in [5.74, 6) is -2.40. The summed E-state index contributed by atoms with van der Waals surface area (Å²) in [6.45, 7) is 8.65. The number of anilines is 2. The van der Waals surface area contributed by atoms with Crippen molar-refractivity contribution >= 4 is 91.7 Å². The normalized spacial score (nSPS) is 15.4. The summed E-state index contributed by atoms with van der Waals surface area (Å²) in [5, 5.41) is 22.1. The van der Waals surface area contributed by atoms with Gasteiger partial charge >= 0.3 is 11.9 Å². The Labute approximate surface area is 331 Å². The number of piperazine rings is 2. The van der Waals surface area contributed by atoms with E-state index in [1.807, 2.05) is 48.5 Å². The van der Waals surface area contributed by atoms with E-state index in [2.05, 4.69) is 31.7 Å². The molecule has 0 radical (unpaired) electrons. The van der Waals surface area contributed by atoms with Gasteiger partial charge in [-0.05, 0) is 53.6 Å². The minimum atomic E-state index is -1.10. The molecule has 0 saturated carbocycles. The summed E-state index contributed by atoms with van der Waals surface area (Å²) in [6, 6.07) is 26.2. The summed E-state index contributed by atoms with van der Waals surface area (Å²) < 4.78 is 10.6. The summed E-state index contributed by atoms with van der Waals surface area (Å²) in [5.41, 5.74) is 5.12. The van der Waals surface area contributed by atoms with E-state index in [1.165, 1.54) is 17.7 Å². The number of halogens is 4. The second-order valence-corrected chi connectivity index (χ2v) is 14.8. The van der Waals surface area contributed by atoms with E-state index in [-0.39, 0.29) is 11.5 Å². The third-order valence-electron chi connectivity index (χ3n) is 9.72. The number of carboxylic acid groups (broad SMARTS) is 2. The molecular formula is C40H36Cl4N4O6. The smallest absolute Gasteiger partial charge is 0.371 e. The molecular weight excluding hydrogens is 774 g/mol. The molecule has 0 unspecified atom stereocenters. The molecule has 2 aromatic heterocycles. The van der Waals surface area contributed by atoms with E-state index in [9.17, 15) is 9.59 Å². The lowest BCUT2D eigenvalue weighted by atomic mass is 10.1. The van der Waals surface area contributed by atoms with Crippen LogP contribution in [0.25, 0.3) is 21.9 Å². The molecule has 0 atom stereocenters. The third kappa shape index (κ3) is 8.44. The maximum Gasteiger partial charge on any atom is 0.371 e. The number of rotatable bonds is 8. The van der Waals surface area contributed by atoms with E-state index in [4.69, 9.17) is 65.5 Å². The van der Waals surface area contributed by atoms with E-state index in [0.29, 0.717) is 32.0 Å². The van der Waals surface area contributed by atoms with E-state index < -0.39 is 11.9 Å². The molecule has 0 aliphatic carbocycles. The fourth-order valence-corrected chi connectivity index (χ4v) is 7.96. The van der Waals surface area contributed by atoms with Gasteiger partial charge in [-0.1, -0.05) is 76.7 Å². The highest BCUT2D eigenvalue weighted by molar-refractivity contribution is 6.38. The van der Waals surface area contributed by atoms with Gasteiger partial charge in [-0.25, -0.2) is 9.59 Å². The van der Waals surface area contributed by atoms with Gasteiger partial charge in [0.05, 0.1) is 21.4 Å². The lowest BCUT2D eigenvalue weighted by Crippen LogP contribution is -2.46. The van der Waals surface area contributed by atoms with Crippen molar-refractivity contribution in [1.29, 1.82) is 0 Å². The van der Waals surface area contributed by atoms with Crippen LogP contribution in [0.2, 0.25) is 20.1 Å². The molecule has 2 N–H and O–H groups in total. The average Bonchev–Trinajstić information content (AvgIpc) is 3.81. The van der Waals surface area contributed by atoms with Crippen molar-refractivity contribution < 1.29 is 28.6 Å². The Bertz CT molecular complexity index is 2310. The quantitative estimate of drug-likeness (QED) is 0.154. The van der Waals surface area contributed by atoms with Gasteiger partial charge in [0.2, 0.25) is 11.5 Å². The first-order valence-electron chi connectivity index (χ1n) is 17.4. The Kier molecular flexibility index (Phi) is 11.6. The van der Waals surface area contributed by atoms with Crippen molar-refractivity contribution in [3.05, 3.63) is 128 Å². The van der Waals surface area contributed by atoms with Crippen LogP contribution in [0.15, 0.2) is 93.8 Å². The number of furan rings is 2. The molecule has 2 aliphatic heterocycles. The number of nitrogens with zero attached hydrogens (tertiary/aromatic N) is 4. The molecule has 4 heterocycles. The second kappa shape index (κ2) is 16.5. The average molecular weight is 811 g/mol. The zero-order valence-corrected chi connectivity index (χ0v) is 32.0. The Hall–Kier alpha value is -4.42. The van der Waals surface area contributed by atoms with Crippen molar-refractivity contribution in [3.8, 4) is 0 Å². The van der Waals surface area contributed by atoms with E-state index >= 15 is 0 Å². The van der Waals surface area contributed by atoms with Crippen LogP contribution in [-0.4, -0.2) is 84.3 Å². The molecule has 8 rings (SSSR count). The first-order valence-corrected chi connectivity index (χ1v) is 18.9. The highest BCUT2D eigenvalue weighted by Gasteiger charge is 2.24. The SMILES string of the molecule is O=C(O)c1cc2c(Cl)c(N3CCN(Cc4cccc(Cl)c4)CC3)ccc2o1.O=C(O)c1cc2c(Cl)c(N3CCN(Cc4ccccc4Cl)CC3)ccc2o1. The number of benzene rings is 4. The number of fused-ring (bicyclic) bond motifs is 2. The largest absolute Gasteiger partial charge is 0.475 e. The predicted molar refractivity (Wildman–Crippen MR) is 214 cm³/mol. The molecule has 2 aliphatic rings. The molecule has 4 aromatic carbocycles. The number of aromatic carboxylic acids is 2. The maximum atomic E-state index is 11.1. The summed E-state index contributed by atoms with van der Waals surface area (Å²) in [4.78, 5) is 31.4. The van der Waals surface area contributed by atoms with Crippen LogP contribution in [0.3, 0.4) is 0 Å². The minimum Gasteiger partial charge on any atom is -0.475 e. The molecule has 2 fully saturated rings. The Morgan fingerprint density at radius 3 is 1.56 bits per heavy atom. The Balaban J connectivity index is 0.000000167. The second-order valence-electron chi connectivity index (χ2n) is 13.2. The van der Waals surface area contributed by atoms with Crippen molar-refractivity contribution in [1.82, 2.24) is 9.80 Å². The number of hydrogen-bond donors (Lipinski definition) is 2. The van der Waals surface area contributed by atoms with Gasteiger partial charge in [-0.2, -0.15) is 0 Å². The minimum absolute atomic E-state index is 0.101. The molecule has 10 nitrogen and oxygen atoms in total. The molecule has 0 bridgehead atoms. The highest BCUT2D eigenvalue weighted by atomic mass is 35.5. The van der Waals surface area contributed by atoms with Crippen molar-refractivity contribution in [2.75, 3.05) is 62.2 Å². The fourth-order valence-electron chi connectivity index (χ4n) is 6.89. The number of hydrogen-bond acceptors (Lipinski definition) is 8. The predicted octanol–water partition coefficient (Wildman–Crippen LogP) is 9.52. The fraction of sp³-hybridized carbons (Fsp3) is 0.250. The third-order valence-corrected chi connectivity index (χ3v) is 11.1. The lowest BCUT2D eigenvalue weighted by Gasteiger charge is -2.36. The lowest BCUT2D eigenvalue weighted by molar-refractivity contribution is 0.0655. The first kappa shape index (κ1) is 37.9. The number of carboxylic acids is 2. The zero-order valence-electron chi connectivity index (χ0n) is 29.0. The van der Waals surface area contributed by atoms with Crippen LogP contribution in [0.4, 0.5) is 11.4 Å². The van der Waals surface area contributed by atoms with Gasteiger partial charge in [-0.15, -0.1) is 0 Å². The van der Waals surface area contributed by atoms with Gasteiger partial charge in [0, 0.05) is 98.4 Å². The molecule has 54 heavy (non-hydrogen) atoms. The zero-order chi connectivity index (χ0) is 37.9. The van der Waals surface area contributed by atoms with Gasteiger partial charge in [-0.3, -0.25) is 9.80 Å². The Morgan fingerprint density at radius 2 is 1.07 bits per heavy atom. The molecule has 280 valence electrons. The molecule has 6 aromatic rings. The van der Waals surface area contributed by atoms with Crippen molar-refractivity contribution in [2.24, 2.45) is 0 Å². The molecule has 0 amide bonds. The van der Waals surface area contributed by atoms with E-state index in [0.717, 1.165) is 92.4 Å². The summed E-state index contributed by atoms with van der Waals surface area (Å²) in [6.07, 6.45) is 0. The Morgan fingerprint density at radius 1 is 0.574 bits per heavy atom. The van der Waals surface area contributed by atoms with Gasteiger partial charge < -0.3 is 28.8 Å². The molecule has 0 spiro atoms. The first-order chi connectivity index (χ1) is 26.0. The van der Waals surface area contributed by atoms with Gasteiger partial charge in [0.15, 0.2) is 0 Å². The highest BCUT2D eigenvalue weighted by Crippen LogP contribution is 2.37. The summed E-state index contributed by atoms with van der Waals surface area (Å²) >= 11 is 25.4. The monoisotopic (exact) mass is 808 g/mol. The standard InChI is InChI=1S/2C20H18Cl2N2O3/c21-14-3-1-2-13(10-14)12-23-6-8-24(9-7-23)16-4-5-17-15(19(16)22)11-18(27-17)20(25)26;21-15-4-2-1-3-13(15)12-23-7-9-24(10-8-23)16-5-6-17-14(19(16)22)11-18(27-17)20(25)26/h1-5,10-11H,6-9,12H2,(H,25,26);1-6,11H,7-10,12H2,(H,25,26). The van der Waals surface area contributed by atoms with Crippen LogP contribution in [0, 0.1) is 0 Å². The van der Waals surface area contributed by atoms with Crippen LogP contribution >= 0.6 is 46.4 Å². The topological polar surface area (TPSA) is 114 Å². The van der Waals surface area contributed by atoms with Gasteiger partial charge in [0.1, 0.15) is 11.2 Å². The van der Waals surface area contributed by atoms with Crippen LogP contribution in [-0.2, 0) is 13.1 Å². The summed E-state index contributed by atoms with van der Waals surface area (Å²) in [7, 11) is 0. The van der Waals surface area contributed by atoms with E-state index in [1.54, 1.807) is 12.1 Å². The molecule has 2 saturated heterocycles. The van der Waals surface area contributed by atoms with Crippen molar-refractivity contribution in [2.45, 2.75) is 13.1 Å². The van der Waals surface area contributed by atoms with Gasteiger partial charge in [0.25, 0.3) is 0 Å².